The van der Waals surface area contributed by atoms with Crippen molar-refractivity contribution < 1.29 is 14.7 Å². The van der Waals surface area contributed by atoms with E-state index in [-0.39, 0.29) is 18.4 Å². The quantitative estimate of drug-likeness (QED) is 0.795. The molecule has 0 radical (unpaired) electrons. The molecule has 0 spiro atoms. The fraction of sp³-hybridized carbons (Fsp3) is 0.545. The molecule has 0 saturated carbocycles. The Morgan fingerprint density at radius 3 is 2.76 bits per heavy atom. The van der Waals surface area contributed by atoms with Crippen molar-refractivity contribution in [3.63, 3.8) is 0 Å². The molecule has 0 saturated heterocycles. The zero-order valence-electron chi connectivity index (χ0n) is 10.0. The summed E-state index contributed by atoms with van der Waals surface area (Å²) in [6.45, 7) is 2.21. The highest BCUT2D eigenvalue weighted by molar-refractivity contribution is 5.79. The molecule has 0 fully saturated rings. The van der Waals surface area contributed by atoms with Crippen LogP contribution in [0.5, 0.6) is 0 Å². The van der Waals surface area contributed by atoms with Crippen LogP contribution in [-0.4, -0.2) is 45.3 Å². The van der Waals surface area contributed by atoms with Gasteiger partial charge in [0.25, 0.3) is 0 Å². The lowest BCUT2D eigenvalue weighted by Gasteiger charge is -2.21. The lowest BCUT2D eigenvalue weighted by molar-refractivity contribution is -0.138. The SMILES string of the molecule is CC(C(=O)N(C)CCCC(=O)O)n1cccn1. The number of carboxylic acid groups (broad SMARTS) is 1. The molecule has 1 aromatic heterocycles. The van der Waals surface area contributed by atoms with Gasteiger partial charge in [0.15, 0.2) is 0 Å². The van der Waals surface area contributed by atoms with Crippen LogP contribution in [0.2, 0.25) is 0 Å². The van der Waals surface area contributed by atoms with Crippen LogP contribution in [0.4, 0.5) is 0 Å². The molecule has 17 heavy (non-hydrogen) atoms. The van der Waals surface area contributed by atoms with Gasteiger partial charge in [-0.2, -0.15) is 5.10 Å². The smallest absolute Gasteiger partial charge is 0.303 e. The zero-order chi connectivity index (χ0) is 12.8. The summed E-state index contributed by atoms with van der Waals surface area (Å²) >= 11 is 0. The Morgan fingerprint density at radius 2 is 2.24 bits per heavy atom. The number of nitrogens with zero attached hydrogens (tertiary/aromatic N) is 3. The van der Waals surface area contributed by atoms with Crippen LogP contribution >= 0.6 is 0 Å². The summed E-state index contributed by atoms with van der Waals surface area (Å²) in [5.41, 5.74) is 0. The van der Waals surface area contributed by atoms with Crippen LogP contribution in [-0.2, 0) is 9.59 Å². The first kappa shape index (κ1) is 13.2. The van der Waals surface area contributed by atoms with E-state index in [0.717, 1.165) is 0 Å². The number of aromatic nitrogens is 2. The Labute approximate surface area is 99.8 Å². The van der Waals surface area contributed by atoms with E-state index in [0.29, 0.717) is 13.0 Å². The zero-order valence-corrected chi connectivity index (χ0v) is 10.0. The first-order valence-corrected chi connectivity index (χ1v) is 5.48. The second-order valence-corrected chi connectivity index (χ2v) is 3.92. The Morgan fingerprint density at radius 1 is 1.53 bits per heavy atom. The van der Waals surface area contributed by atoms with Gasteiger partial charge in [0, 0.05) is 32.4 Å². The molecular formula is C11H17N3O3. The molecule has 1 atom stereocenters. The number of likely N-dealkylation sites (N-methyl/N-ethyl adjacent to an activating group) is 1. The van der Waals surface area contributed by atoms with E-state index in [1.807, 2.05) is 0 Å². The number of carbonyl (C=O) groups excluding carboxylic acids is 1. The number of aliphatic carboxylic acids is 1. The molecule has 1 N–H and O–H groups in total. The van der Waals surface area contributed by atoms with Gasteiger partial charge in [0.05, 0.1) is 0 Å². The molecule has 0 aliphatic rings. The second kappa shape index (κ2) is 6.03. The minimum absolute atomic E-state index is 0.0703. The Hall–Kier alpha value is -1.85. The van der Waals surface area contributed by atoms with Crippen molar-refractivity contribution in [1.29, 1.82) is 0 Å². The minimum Gasteiger partial charge on any atom is -0.481 e. The van der Waals surface area contributed by atoms with E-state index < -0.39 is 5.97 Å². The van der Waals surface area contributed by atoms with Crippen molar-refractivity contribution in [3.8, 4) is 0 Å². The van der Waals surface area contributed by atoms with Crippen LogP contribution < -0.4 is 0 Å². The van der Waals surface area contributed by atoms with Crippen LogP contribution in [0.15, 0.2) is 18.5 Å². The molecule has 1 rings (SSSR count). The highest BCUT2D eigenvalue weighted by atomic mass is 16.4. The topological polar surface area (TPSA) is 75.4 Å². The first-order valence-electron chi connectivity index (χ1n) is 5.48. The average Bonchev–Trinajstić information content (AvgIpc) is 2.79. The van der Waals surface area contributed by atoms with E-state index in [4.69, 9.17) is 5.11 Å². The molecule has 0 aliphatic heterocycles. The van der Waals surface area contributed by atoms with Crippen molar-refractivity contribution >= 4 is 11.9 Å². The lowest BCUT2D eigenvalue weighted by atomic mass is 10.2. The average molecular weight is 239 g/mol. The predicted octanol–water partition coefficient (Wildman–Crippen LogP) is 0.767. The summed E-state index contributed by atoms with van der Waals surface area (Å²) in [6, 6.07) is 1.40. The molecule has 1 unspecified atom stereocenters. The van der Waals surface area contributed by atoms with Gasteiger partial charge in [-0.3, -0.25) is 14.3 Å². The maximum absolute atomic E-state index is 11.9. The molecule has 0 aromatic carbocycles. The van der Waals surface area contributed by atoms with Crippen LogP contribution in [0, 0.1) is 0 Å². The molecule has 1 heterocycles. The number of hydrogen-bond acceptors (Lipinski definition) is 3. The molecule has 0 bridgehead atoms. The second-order valence-electron chi connectivity index (χ2n) is 3.92. The monoisotopic (exact) mass is 239 g/mol. The fourth-order valence-electron chi connectivity index (χ4n) is 1.52. The third-order valence-corrected chi connectivity index (χ3v) is 2.54. The van der Waals surface area contributed by atoms with Crippen LogP contribution in [0.1, 0.15) is 25.8 Å². The highest BCUT2D eigenvalue weighted by Crippen LogP contribution is 2.08. The van der Waals surface area contributed by atoms with E-state index in [2.05, 4.69) is 5.10 Å². The lowest BCUT2D eigenvalue weighted by Crippen LogP contribution is -2.34. The normalized spacial score (nSPS) is 12.1. The van der Waals surface area contributed by atoms with Gasteiger partial charge in [0.2, 0.25) is 5.91 Å². The first-order chi connectivity index (χ1) is 8.02. The Balaban J connectivity index is 2.43. The van der Waals surface area contributed by atoms with Gasteiger partial charge in [-0.1, -0.05) is 0 Å². The standard InChI is InChI=1S/C11H17N3O3/c1-9(14-8-4-6-12-14)11(17)13(2)7-3-5-10(15)16/h4,6,8-9H,3,5,7H2,1-2H3,(H,15,16). The van der Waals surface area contributed by atoms with Gasteiger partial charge in [0.1, 0.15) is 6.04 Å². The van der Waals surface area contributed by atoms with Gasteiger partial charge in [-0.05, 0) is 19.4 Å². The van der Waals surface area contributed by atoms with E-state index in [9.17, 15) is 9.59 Å². The van der Waals surface area contributed by atoms with Crippen LogP contribution in [0.3, 0.4) is 0 Å². The minimum atomic E-state index is -0.842. The number of carbonyl (C=O) groups is 2. The number of carboxylic acids is 1. The third kappa shape index (κ3) is 3.90. The summed E-state index contributed by atoms with van der Waals surface area (Å²) in [5, 5.41) is 12.5. The van der Waals surface area contributed by atoms with Crippen molar-refractivity contribution in [1.82, 2.24) is 14.7 Å². The molecular weight excluding hydrogens is 222 g/mol. The number of hydrogen-bond donors (Lipinski definition) is 1. The van der Waals surface area contributed by atoms with Crippen LogP contribution in [0.25, 0.3) is 0 Å². The van der Waals surface area contributed by atoms with Crippen molar-refractivity contribution in [2.75, 3.05) is 13.6 Å². The number of rotatable bonds is 6. The molecule has 6 heteroatoms. The van der Waals surface area contributed by atoms with Gasteiger partial charge >= 0.3 is 5.97 Å². The van der Waals surface area contributed by atoms with Gasteiger partial charge in [-0.25, -0.2) is 0 Å². The predicted molar refractivity (Wildman–Crippen MR) is 61.4 cm³/mol. The van der Waals surface area contributed by atoms with Gasteiger partial charge < -0.3 is 10.0 Å². The molecule has 94 valence electrons. The van der Waals surface area contributed by atoms with Crippen molar-refractivity contribution in [3.05, 3.63) is 18.5 Å². The van der Waals surface area contributed by atoms with Crippen molar-refractivity contribution in [2.45, 2.75) is 25.8 Å². The van der Waals surface area contributed by atoms with E-state index >= 15 is 0 Å². The Kier molecular flexibility index (Phi) is 4.68. The summed E-state index contributed by atoms with van der Waals surface area (Å²) in [4.78, 5) is 23.8. The van der Waals surface area contributed by atoms with Crippen molar-refractivity contribution in [2.24, 2.45) is 0 Å². The van der Waals surface area contributed by atoms with E-state index in [1.54, 1.807) is 37.1 Å². The maximum Gasteiger partial charge on any atom is 0.303 e. The Bertz CT molecular complexity index is 375. The molecule has 1 amide bonds. The number of amides is 1. The molecule has 0 aliphatic carbocycles. The largest absolute Gasteiger partial charge is 0.481 e. The maximum atomic E-state index is 11.9. The third-order valence-electron chi connectivity index (χ3n) is 2.54. The summed E-state index contributed by atoms with van der Waals surface area (Å²) < 4.78 is 1.58. The molecule has 6 nitrogen and oxygen atoms in total. The molecule has 1 aromatic rings. The summed E-state index contributed by atoms with van der Waals surface area (Å²) in [6.07, 6.45) is 3.89. The fourth-order valence-corrected chi connectivity index (χ4v) is 1.52. The highest BCUT2D eigenvalue weighted by Gasteiger charge is 2.18. The van der Waals surface area contributed by atoms with E-state index in [1.165, 1.54) is 4.90 Å². The summed E-state index contributed by atoms with van der Waals surface area (Å²) in [5.74, 6) is -0.912. The summed E-state index contributed by atoms with van der Waals surface area (Å²) in [7, 11) is 1.67. The van der Waals surface area contributed by atoms with Gasteiger partial charge in [-0.15, -0.1) is 0 Å².